The van der Waals surface area contributed by atoms with Gasteiger partial charge < -0.3 is 10.6 Å². The van der Waals surface area contributed by atoms with Crippen molar-refractivity contribution in [1.29, 1.82) is 0 Å². The van der Waals surface area contributed by atoms with E-state index in [9.17, 15) is 27.6 Å². The Bertz CT molecular complexity index is 882. The normalized spacial score (nSPS) is 11.0. The van der Waals surface area contributed by atoms with E-state index in [0.29, 0.717) is 11.6 Å². The Kier molecular flexibility index (Phi) is 5.66. The summed E-state index contributed by atoms with van der Waals surface area (Å²) in [6.45, 7) is 1.34. The van der Waals surface area contributed by atoms with Crippen LogP contribution in [0.3, 0.4) is 0 Å². The van der Waals surface area contributed by atoms with Crippen LogP contribution in [-0.4, -0.2) is 17.6 Å². The van der Waals surface area contributed by atoms with E-state index >= 15 is 0 Å². The van der Waals surface area contributed by atoms with E-state index in [2.05, 4.69) is 5.32 Å². The van der Waals surface area contributed by atoms with E-state index in [4.69, 9.17) is 11.6 Å². The summed E-state index contributed by atoms with van der Waals surface area (Å²) in [5, 5.41) is 4.13. The maximum absolute atomic E-state index is 12.7. The van der Waals surface area contributed by atoms with Crippen LogP contribution in [-0.2, 0) is 15.8 Å². The number of halogens is 4. The first-order valence-corrected chi connectivity index (χ1v) is 7.56. The maximum Gasteiger partial charge on any atom is 0.416 e. The fourth-order valence-corrected chi connectivity index (χ4v) is 2.15. The summed E-state index contributed by atoms with van der Waals surface area (Å²) in [7, 11) is 0. The van der Waals surface area contributed by atoms with Crippen LogP contribution in [0.25, 0.3) is 0 Å². The average Bonchev–Trinajstić information content (AvgIpc) is 2.55. The summed E-state index contributed by atoms with van der Waals surface area (Å²) in [4.78, 5) is 35.1. The minimum Gasteiger partial charge on any atom is -0.318 e. The summed E-state index contributed by atoms with van der Waals surface area (Å²) < 4.78 is 38.2. The van der Waals surface area contributed by atoms with Crippen molar-refractivity contribution in [2.24, 2.45) is 0 Å². The van der Waals surface area contributed by atoms with Gasteiger partial charge in [-0.05, 0) is 37.3 Å². The molecule has 2 amide bonds. The van der Waals surface area contributed by atoms with Gasteiger partial charge in [0.25, 0.3) is 0 Å². The SMILES string of the molecule is CC(=O)c1cccc(NC(=O)C(=O)Nc2cc(C(F)(F)F)ccc2Cl)c1. The van der Waals surface area contributed by atoms with Crippen LogP contribution < -0.4 is 10.6 Å². The molecule has 0 bridgehead atoms. The molecule has 0 aromatic heterocycles. The van der Waals surface area contributed by atoms with Crippen molar-refractivity contribution in [3.05, 3.63) is 58.6 Å². The van der Waals surface area contributed by atoms with Crippen LogP contribution >= 0.6 is 11.6 Å². The monoisotopic (exact) mass is 384 g/mol. The molecule has 0 radical (unpaired) electrons. The Balaban J connectivity index is 2.14. The van der Waals surface area contributed by atoms with Gasteiger partial charge in [0, 0.05) is 11.3 Å². The molecule has 0 saturated carbocycles. The third-order valence-electron chi connectivity index (χ3n) is 3.28. The van der Waals surface area contributed by atoms with Crippen molar-refractivity contribution < 1.29 is 27.6 Å². The molecule has 2 aromatic rings. The number of alkyl halides is 3. The second kappa shape index (κ2) is 7.57. The van der Waals surface area contributed by atoms with Crippen molar-refractivity contribution in [2.75, 3.05) is 10.6 Å². The number of hydrogen-bond acceptors (Lipinski definition) is 3. The lowest BCUT2D eigenvalue weighted by Gasteiger charge is -2.12. The van der Waals surface area contributed by atoms with E-state index < -0.39 is 23.6 Å². The minimum atomic E-state index is -4.63. The predicted octanol–water partition coefficient (Wildman–Crippen LogP) is 4.14. The Morgan fingerprint density at radius 1 is 0.962 bits per heavy atom. The highest BCUT2D eigenvalue weighted by Crippen LogP contribution is 2.33. The third-order valence-corrected chi connectivity index (χ3v) is 3.60. The lowest BCUT2D eigenvalue weighted by molar-refractivity contribution is -0.137. The molecule has 0 atom stereocenters. The largest absolute Gasteiger partial charge is 0.416 e. The number of anilines is 2. The Morgan fingerprint density at radius 3 is 2.23 bits per heavy atom. The summed E-state index contributed by atoms with van der Waals surface area (Å²) in [6, 6.07) is 8.21. The molecule has 5 nitrogen and oxygen atoms in total. The standard InChI is InChI=1S/C17H12ClF3N2O3/c1-9(24)10-3-2-4-12(7-10)22-15(25)16(26)23-14-8-11(17(19,20)21)5-6-13(14)18/h2-8H,1H3,(H,22,25)(H,23,26). The first-order chi connectivity index (χ1) is 12.1. The Morgan fingerprint density at radius 2 is 1.62 bits per heavy atom. The van der Waals surface area contributed by atoms with E-state index in [1.165, 1.54) is 31.2 Å². The number of benzene rings is 2. The first-order valence-electron chi connectivity index (χ1n) is 7.18. The third kappa shape index (κ3) is 4.82. The molecule has 0 saturated heterocycles. The van der Waals surface area contributed by atoms with Gasteiger partial charge in [-0.3, -0.25) is 14.4 Å². The van der Waals surface area contributed by atoms with Gasteiger partial charge in [0.2, 0.25) is 0 Å². The smallest absolute Gasteiger partial charge is 0.318 e. The van der Waals surface area contributed by atoms with Crippen LogP contribution in [0.2, 0.25) is 5.02 Å². The van der Waals surface area contributed by atoms with E-state index in [-0.39, 0.29) is 22.2 Å². The molecule has 2 aromatic carbocycles. The molecule has 0 aliphatic carbocycles. The summed E-state index contributed by atoms with van der Waals surface area (Å²) in [5.41, 5.74) is -0.858. The summed E-state index contributed by atoms with van der Waals surface area (Å²) in [5.74, 6) is -2.57. The molecule has 0 fully saturated rings. The predicted molar refractivity (Wildman–Crippen MR) is 90.2 cm³/mol. The molecule has 26 heavy (non-hydrogen) atoms. The first kappa shape index (κ1) is 19.5. The Labute approximate surface area is 151 Å². The summed E-state index contributed by atoms with van der Waals surface area (Å²) in [6.07, 6.45) is -4.63. The van der Waals surface area contributed by atoms with E-state index in [1.54, 1.807) is 0 Å². The van der Waals surface area contributed by atoms with Crippen LogP contribution in [0, 0.1) is 0 Å². The number of rotatable bonds is 3. The van der Waals surface area contributed by atoms with Crippen LogP contribution in [0.4, 0.5) is 24.5 Å². The van der Waals surface area contributed by atoms with Crippen LogP contribution in [0.1, 0.15) is 22.8 Å². The quantitative estimate of drug-likeness (QED) is 0.617. The van der Waals surface area contributed by atoms with Gasteiger partial charge in [-0.2, -0.15) is 13.2 Å². The summed E-state index contributed by atoms with van der Waals surface area (Å²) >= 11 is 5.76. The van der Waals surface area contributed by atoms with Crippen molar-refractivity contribution in [2.45, 2.75) is 13.1 Å². The number of ketones is 1. The van der Waals surface area contributed by atoms with Gasteiger partial charge in [0.1, 0.15) is 0 Å². The highest BCUT2D eigenvalue weighted by Gasteiger charge is 2.31. The fourth-order valence-electron chi connectivity index (χ4n) is 1.98. The van der Waals surface area contributed by atoms with E-state index in [1.807, 2.05) is 5.32 Å². The second-order valence-electron chi connectivity index (χ2n) is 5.24. The topological polar surface area (TPSA) is 75.3 Å². The zero-order valence-corrected chi connectivity index (χ0v) is 14.0. The molecule has 136 valence electrons. The van der Waals surface area contributed by atoms with Gasteiger partial charge >= 0.3 is 18.0 Å². The highest BCUT2D eigenvalue weighted by atomic mass is 35.5. The highest BCUT2D eigenvalue weighted by molar-refractivity contribution is 6.44. The number of carbonyl (C=O) groups is 3. The molecule has 2 rings (SSSR count). The molecule has 9 heteroatoms. The zero-order valence-electron chi connectivity index (χ0n) is 13.3. The molecule has 0 spiro atoms. The van der Waals surface area contributed by atoms with Crippen molar-refractivity contribution in [3.63, 3.8) is 0 Å². The molecule has 0 aliphatic rings. The number of amides is 2. The van der Waals surface area contributed by atoms with Crippen LogP contribution in [0.5, 0.6) is 0 Å². The van der Waals surface area contributed by atoms with Gasteiger partial charge in [0.15, 0.2) is 5.78 Å². The zero-order chi connectivity index (χ0) is 19.5. The van der Waals surface area contributed by atoms with Crippen LogP contribution in [0.15, 0.2) is 42.5 Å². The molecule has 0 unspecified atom stereocenters. The molecule has 0 heterocycles. The average molecular weight is 385 g/mol. The van der Waals surface area contributed by atoms with Gasteiger partial charge in [-0.25, -0.2) is 0 Å². The number of hydrogen-bond donors (Lipinski definition) is 2. The van der Waals surface area contributed by atoms with Crippen molar-refractivity contribution in [1.82, 2.24) is 0 Å². The lowest BCUT2D eigenvalue weighted by atomic mass is 10.1. The molecular formula is C17H12ClF3N2O3. The molecule has 2 N–H and O–H groups in total. The fraction of sp³-hybridized carbons (Fsp3) is 0.118. The minimum absolute atomic E-state index is 0.155. The maximum atomic E-state index is 12.7. The van der Waals surface area contributed by atoms with Gasteiger partial charge in [-0.1, -0.05) is 23.7 Å². The number of nitrogens with one attached hydrogen (secondary N) is 2. The lowest BCUT2D eigenvalue weighted by Crippen LogP contribution is -2.29. The van der Waals surface area contributed by atoms with Gasteiger partial charge in [0.05, 0.1) is 16.3 Å². The number of carbonyl (C=O) groups excluding carboxylic acids is 3. The Hall–Kier alpha value is -2.87. The van der Waals surface area contributed by atoms with Gasteiger partial charge in [-0.15, -0.1) is 0 Å². The molecule has 0 aliphatic heterocycles. The number of Topliss-reactive ketones (excluding diaryl/α,β-unsaturated/α-hetero) is 1. The molecular weight excluding hydrogens is 373 g/mol. The van der Waals surface area contributed by atoms with Crippen molar-refractivity contribution >= 4 is 40.6 Å². The second-order valence-corrected chi connectivity index (χ2v) is 5.64. The van der Waals surface area contributed by atoms with E-state index in [0.717, 1.165) is 12.1 Å². The van der Waals surface area contributed by atoms with Crippen molar-refractivity contribution in [3.8, 4) is 0 Å².